The van der Waals surface area contributed by atoms with Crippen LogP contribution in [-0.4, -0.2) is 26.6 Å². The number of aromatic nitrogens is 3. The van der Waals surface area contributed by atoms with Gasteiger partial charge < -0.3 is 9.73 Å². The third-order valence-electron chi connectivity index (χ3n) is 4.89. The third-order valence-corrected chi connectivity index (χ3v) is 5.14. The summed E-state index contributed by atoms with van der Waals surface area (Å²) in [4.78, 5) is 24.8. The van der Waals surface area contributed by atoms with E-state index in [1.807, 2.05) is 37.3 Å². The van der Waals surface area contributed by atoms with Gasteiger partial charge in [-0.1, -0.05) is 23.7 Å². The van der Waals surface area contributed by atoms with Gasteiger partial charge in [-0.15, -0.1) is 0 Å². The van der Waals surface area contributed by atoms with Crippen LogP contribution < -0.4 is 10.9 Å². The van der Waals surface area contributed by atoms with Crippen molar-refractivity contribution in [2.45, 2.75) is 32.7 Å². The fraction of sp³-hybridized carbons (Fsp3) is 0.286. The molecule has 1 amide bonds. The van der Waals surface area contributed by atoms with Gasteiger partial charge in [0.05, 0.1) is 11.8 Å². The molecule has 0 radical (unpaired) electrons. The summed E-state index contributed by atoms with van der Waals surface area (Å²) in [5.74, 6) is 0.661. The minimum atomic E-state index is -0.190. The molecule has 0 spiro atoms. The van der Waals surface area contributed by atoms with Crippen molar-refractivity contribution < 1.29 is 9.21 Å². The van der Waals surface area contributed by atoms with Gasteiger partial charge in [0.2, 0.25) is 5.91 Å². The average Bonchev–Trinajstić information content (AvgIpc) is 3.28. The van der Waals surface area contributed by atoms with Crippen molar-refractivity contribution in [3.63, 3.8) is 0 Å². The predicted molar refractivity (Wildman–Crippen MR) is 111 cm³/mol. The molecule has 7 nitrogen and oxygen atoms in total. The zero-order chi connectivity index (χ0) is 20.4. The Kier molecular flexibility index (Phi) is 5.40. The Balaban J connectivity index is 1.32. The minimum Gasteiger partial charge on any atom is -0.463 e. The first-order chi connectivity index (χ1) is 14.0. The smallest absolute Gasteiger partial charge is 0.291 e. The van der Waals surface area contributed by atoms with Crippen molar-refractivity contribution in [1.29, 1.82) is 0 Å². The Bertz CT molecular complexity index is 1220. The molecule has 0 fully saturated rings. The summed E-state index contributed by atoms with van der Waals surface area (Å²) in [6, 6.07) is 11.1. The number of rotatable bonds is 7. The fourth-order valence-electron chi connectivity index (χ4n) is 3.46. The molecule has 0 unspecified atom stereocenters. The lowest BCUT2D eigenvalue weighted by molar-refractivity contribution is -0.121. The monoisotopic (exact) mass is 412 g/mol. The van der Waals surface area contributed by atoms with Crippen LogP contribution in [0.3, 0.4) is 0 Å². The van der Waals surface area contributed by atoms with Gasteiger partial charge >= 0.3 is 0 Å². The van der Waals surface area contributed by atoms with Crippen LogP contribution in [-0.2, 0) is 17.8 Å². The van der Waals surface area contributed by atoms with E-state index in [9.17, 15) is 9.59 Å². The number of hydrogen-bond donors (Lipinski definition) is 1. The first-order valence-electron chi connectivity index (χ1n) is 9.50. The van der Waals surface area contributed by atoms with Gasteiger partial charge in [-0.25, -0.2) is 4.68 Å². The summed E-state index contributed by atoms with van der Waals surface area (Å²) in [5.41, 5.74) is 2.94. The zero-order valence-corrected chi connectivity index (χ0v) is 16.8. The summed E-state index contributed by atoms with van der Waals surface area (Å²) >= 11 is 5.87. The average molecular weight is 413 g/mol. The molecule has 0 aliphatic heterocycles. The van der Waals surface area contributed by atoms with Gasteiger partial charge in [0, 0.05) is 36.7 Å². The van der Waals surface area contributed by atoms with Crippen LogP contribution in [0, 0.1) is 6.92 Å². The maximum atomic E-state index is 12.7. The molecule has 1 aromatic carbocycles. The van der Waals surface area contributed by atoms with E-state index in [0.29, 0.717) is 47.9 Å². The number of furan rings is 1. The van der Waals surface area contributed by atoms with Crippen molar-refractivity contribution in [2.75, 3.05) is 6.54 Å². The minimum absolute atomic E-state index is 0.0370. The van der Waals surface area contributed by atoms with E-state index in [0.717, 1.165) is 17.5 Å². The number of fused-ring (bicyclic) bond motifs is 3. The van der Waals surface area contributed by atoms with E-state index in [4.69, 9.17) is 16.0 Å². The predicted octanol–water partition coefficient (Wildman–Crippen LogP) is 3.34. The third kappa shape index (κ3) is 4.05. The van der Waals surface area contributed by atoms with Crippen molar-refractivity contribution >= 4 is 34.1 Å². The Morgan fingerprint density at radius 2 is 2.00 bits per heavy atom. The van der Waals surface area contributed by atoms with Crippen LogP contribution >= 0.6 is 11.6 Å². The quantitative estimate of drug-likeness (QED) is 0.504. The van der Waals surface area contributed by atoms with E-state index in [1.165, 1.54) is 4.68 Å². The molecule has 150 valence electrons. The maximum absolute atomic E-state index is 12.7. The van der Waals surface area contributed by atoms with Gasteiger partial charge in [-0.05, 0) is 37.5 Å². The Labute approximate surface area is 171 Å². The first-order valence-corrected chi connectivity index (χ1v) is 9.88. The molecule has 1 N–H and O–H groups in total. The van der Waals surface area contributed by atoms with Gasteiger partial charge in [0.1, 0.15) is 11.3 Å². The SMILES string of the molecule is Cc1nn(CCCC(=O)NCCc2ccc(Cl)cc2)c(=O)c2cc3occc3n12. The topological polar surface area (TPSA) is 81.5 Å². The second-order valence-electron chi connectivity index (χ2n) is 6.94. The molecular weight excluding hydrogens is 392 g/mol. The van der Waals surface area contributed by atoms with E-state index in [2.05, 4.69) is 10.4 Å². The molecule has 4 aromatic rings. The summed E-state index contributed by atoms with van der Waals surface area (Å²) in [5, 5.41) is 8.00. The van der Waals surface area contributed by atoms with Gasteiger partial charge in [0.15, 0.2) is 5.58 Å². The molecule has 8 heteroatoms. The lowest BCUT2D eigenvalue weighted by Gasteiger charge is -2.09. The molecule has 0 saturated heterocycles. The number of carbonyl (C=O) groups excluding carboxylic acids is 1. The van der Waals surface area contributed by atoms with Crippen LogP contribution in [0.2, 0.25) is 5.02 Å². The highest BCUT2D eigenvalue weighted by Gasteiger charge is 2.14. The van der Waals surface area contributed by atoms with Gasteiger partial charge in [-0.3, -0.25) is 14.0 Å². The number of benzene rings is 1. The van der Waals surface area contributed by atoms with E-state index >= 15 is 0 Å². The largest absolute Gasteiger partial charge is 0.463 e. The molecule has 3 heterocycles. The van der Waals surface area contributed by atoms with Crippen LogP contribution in [0.15, 0.2) is 51.9 Å². The number of halogens is 1. The number of nitrogens with zero attached hydrogens (tertiary/aromatic N) is 3. The molecule has 0 aliphatic carbocycles. The lowest BCUT2D eigenvalue weighted by atomic mass is 10.1. The second-order valence-corrected chi connectivity index (χ2v) is 7.38. The molecule has 0 bridgehead atoms. The number of aryl methyl sites for hydroxylation is 2. The molecule has 29 heavy (non-hydrogen) atoms. The lowest BCUT2D eigenvalue weighted by Crippen LogP contribution is -2.28. The van der Waals surface area contributed by atoms with Crippen molar-refractivity contribution in [1.82, 2.24) is 19.5 Å². The summed E-state index contributed by atoms with van der Waals surface area (Å²) in [6.45, 7) is 2.79. The maximum Gasteiger partial charge on any atom is 0.291 e. The van der Waals surface area contributed by atoms with E-state index in [1.54, 1.807) is 16.7 Å². The van der Waals surface area contributed by atoms with Crippen molar-refractivity contribution in [2.24, 2.45) is 0 Å². The summed E-state index contributed by atoms with van der Waals surface area (Å²) < 4.78 is 8.60. The number of amides is 1. The molecule has 0 aliphatic rings. The highest BCUT2D eigenvalue weighted by Crippen LogP contribution is 2.20. The van der Waals surface area contributed by atoms with Crippen LogP contribution in [0.4, 0.5) is 0 Å². The first kappa shape index (κ1) is 19.3. The number of hydrogen-bond acceptors (Lipinski definition) is 4. The second kappa shape index (κ2) is 8.13. The van der Waals surface area contributed by atoms with E-state index < -0.39 is 0 Å². The van der Waals surface area contributed by atoms with Crippen molar-refractivity contribution in [3.8, 4) is 0 Å². The van der Waals surface area contributed by atoms with Crippen molar-refractivity contribution in [3.05, 3.63) is 69.4 Å². The molecule has 3 aromatic heterocycles. The number of nitrogens with one attached hydrogen (secondary N) is 1. The van der Waals surface area contributed by atoms with Gasteiger partial charge in [-0.2, -0.15) is 5.10 Å². The number of carbonyl (C=O) groups is 1. The molecule has 0 saturated carbocycles. The highest BCUT2D eigenvalue weighted by atomic mass is 35.5. The Morgan fingerprint density at radius 1 is 1.21 bits per heavy atom. The fourth-order valence-corrected chi connectivity index (χ4v) is 3.58. The standard InChI is InChI=1S/C21H21ClN4O3/c1-14-24-25(21(28)18-13-19-17(26(14)18)9-12-29-19)11-2-3-20(27)23-10-8-15-4-6-16(22)7-5-15/h4-7,9,12-13H,2-3,8,10-11H2,1H3,(H,23,27). The van der Waals surface area contributed by atoms with E-state index in [-0.39, 0.29) is 11.5 Å². The Hall–Kier alpha value is -3.06. The molecule has 0 atom stereocenters. The van der Waals surface area contributed by atoms with Crippen LogP contribution in [0.1, 0.15) is 24.2 Å². The molecule has 4 rings (SSSR count). The molecular formula is C21H21ClN4O3. The summed E-state index contributed by atoms with van der Waals surface area (Å²) in [6.07, 6.45) is 3.21. The van der Waals surface area contributed by atoms with Gasteiger partial charge in [0.25, 0.3) is 5.56 Å². The zero-order valence-electron chi connectivity index (χ0n) is 16.0. The highest BCUT2D eigenvalue weighted by molar-refractivity contribution is 6.30. The van der Waals surface area contributed by atoms with Crippen LogP contribution in [0.5, 0.6) is 0 Å². The van der Waals surface area contributed by atoms with Crippen LogP contribution in [0.25, 0.3) is 16.6 Å². The normalized spacial score (nSPS) is 11.4. The summed E-state index contributed by atoms with van der Waals surface area (Å²) in [7, 11) is 0. The Morgan fingerprint density at radius 3 is 2.79 bits per heavy atom.